The Balaban J connectivity index is 1.81. The first kappa shape index (κ1) is 24.4. The van der Waals surface area contributed by atoms with Crippen molar-refractivity contribution >= 4 is 23.3 Å². The molecule has 0 bridgehead atoms. The van der Waals surface area contributed by atoms with E-state index in [2.05, 4.69) is 10.6 Å². The van der Waals surface area contributed by atoms with Crippen LogP contribution in [0.5, 0.6) is 0 Å². The van der Waals surface area contributed by atoms with E-state index in [9.17, 15) is 9.59 Å². The van der Waals surface area contributed by atoms with E-state index in [-0.39, 0.29) is 29.5 Å². The summed E-state index contributed by atoms with van der Waals surface area (Å²) in [5.41, 5.74) is 2.50. The maximum Gasteiger partial charge on any atom is 0.318 e. The smallest absolute Gasteiger partial charge is 0.318 e. The van der Waals surface area contributed by atoms with Crippen LogP contribution in [0.2, 0.25) is 0 Å². The Morgan fingerprint density at radius 2 is 1.81 bits per heavy atom. The Morgan fingerprint density at radius 1 is 1.09 bits per heavy atom. The molecule has 1 saturated heterocycles. The number of urea groups is 1. The number of hydrogen-bond donors (Lipinski definition) is 2. The molecule has 0 aromatic heterocycles. The Kier molecular flexibility index (Phi) is 8.04. The summed E-state index contributed by atoms with van der Waals surface area (Å²) in [6.07, 6.45) is 6.26. The highest BCUT2D eigenvalue weighted by Crippen LogP contribution is 2.29. The zero-order valence-corrected chi connectivity index (χ0v) is 20.4. The highest BCUT2D eigenvalue weighted by atomic mass is 16.5. The Labute approximate surface area is 192 Å². The zero-order valence-electron chi connectivity index (χ0n) is 20.4. The van der Waals surface area contributed by atoms with Gasteiger partial charge in [0.25, 0.3) is 0 Å². The van der Waals surface area contributed by atoms with Crippen molar-refractivity contribution in [3.05, 3.63) is 23.8 Å². The standard InChI is InChI=1S/C25H40N4O3/c1-25(2,3)27-24(31)29(17-21-11-8-14-32-21)16-19-15-20(12-13-22(19)28(4)5)26-23(30)18-9-6-7-10-18/h12-13,15,18,21H,6-11,14,16-17H2,1-5H3,(H,26,30)(H,27,31)/t21-/m0/s1. The minimum absolute atomic E-state index is 0.0637. The van der Waals surface area contributed by atoms with Crippen LogP contribution in [-0.4, -0.2) is 55.7 Å². The van der Waals surface area contributed by atoms with E-state index in [0.29, 0.717) is 13.1 Å². The number of nitrogens with zero attached hydrogens (tertiary/aromatic N) is 2. The highest BCUT2D eigenvalue weighted by molar-refractivity contribution is 5.93. The number of anilines is 2. The van der Waals surface area contributed by atoms with Gasteiger partial charge in [-0.3, -0.25) is 4.79 Å². The van der Waals surface area contributed by atoms with Crippen LogP contribution in [0, 0.1) is 5.92 Å². The summed E-state index contributed by atoms with van der Waals surface area (Å²) in [5.74, 6) is 0.216. The van der Waals surface area contributed by atoms with E-state index < -0.39 is 0 Å². The van der Waals surface area contributed by atoms with Gasteiger partial charge in [-0.2, -0.15) is 0 Å². The van der Waals surface area contributed by atoms with Crippen molar-refractivity contribution in [1.29, 1.82) is 0 Å². The van der Waals surface area contributed by atoms with Crippen molar-refractivity contribution < 1.29 is 14.3 Å². The van der Waals surface area contributed by atoms with E-state index in [1.165, 1.54) is 0 Å². The molecule has 0 spiro atoms. The van der Waals surface area contributed by atoms with Gasteiger partial charge in [-0.1, -0.05) is 12.8 Å². The van der Waals surface area contributed by atoms with Crippen molar-refractivity contribution in [3.8, 4) is 0 Å². The third-order valence-electron chi connectivity index (χ3n) is 6.13. The van der Waals surface area contributed by atoms with Gasteiger partial charge in [-0.05, 0) is 70.2 Å². The molecule has 1 atom stereocenters. The molecule has 3 amide bonds. The Bertz CT molecular complexity index is 791. The van der Waals surface area contributed by atoms with Gasteiger partial charge in [0.1, 0.15) is 0 Å². The van der Waals surface area contributed by atoms with Crippen LogP contribution in [0.15, 0.2) is 18.2 Å². The monoisotopic (exact) mass is 444 g/mol. The average Bonchev–Trinajstić information content (AvgIpc) is 3.40. The fraction of sp³-hybridized carbons (Fsp3) is 0.680. The summed E-state index contributed by atoms with van der Waals surface area (Å²) >= 11 is 0. The molecule has 32 heavy (non-hydrogen) atoms. The third kappa shape index (κ3) is 6.86. The first-order valence-electron chi connectivity index (χ1n) is 11.9. The lowest BCUT2D eigenvalue weighted by Gasteiger charge is -2.31. The Morgan fingerprint density at radius 3 is 2.41 bits per heavy atom. The molecule has 3 rings (SSSR count). The van der Waals surface area contributed by atoms with E-state index in [1.807, 2.05) is 62.9 Å². The van der Waals surface area contributed by atoms with Crippen molar-refractivity contribution in [1.82, 2.24) is 10.2 Å². The van der Waals surface area contributed by atoms with Gasteiger partial charge in [-0.25, -0.2) is 4.79 Å². The van der Waals surface area contributed by atoms with Crippen molar-refractivity contribution in [2.45, 2.75) is 77.5 Å². The average molecular weight is 445 g/mol. The summed E-state index contributed by atoms with van der Waals surface area (Å²) in [6, 6.07) is 5.88. The maximum atomic E-state index is 13.1. The van der Waals surface area contributed by atoms with Crippen molar-refractivity contribution in [3.63, 3.8) is 0 Å². The quantitative estimate of drug-likeness (QED) is 0.655. The largest absolute Gasteiger partial charge is 0.377 e. The molecule has 2 fully saturated rings. The SMILES string of the molecule is CN(C)c1ccc(NC(=O)C2CCCC2)cc1CN(C[C@@H]1CCCO1)C(=O)NC(C)(C)C. The molecule has 2 N–H and O–H groups in total. The molecular formula is C25H40N4O3. The predicted molar refractivity (Wildman–Crippen MR) is 129 cm³/mol. The summed E-state index contributed by atoms with van der Waals surface area (Å²) < 4.78 is 5.82. The van der Waals surface area contributed by atoms with E-state index in [1.54, 1.807) is 0 Å². The van der Waals surface area contributed by atoms with Gasteiger partial charge < -0.3 is 25.2 Å². The molecule has 0 radical (unpaired) electrons. The van der Waals surface area contributed by atoms with E-state index in [4.69, 9.17) is 4.74 Å². The molecular weight excluding hydrogens is 404 g/mol. The molecule has 1 aromatic carbocycles. The second kappa shape index (κ2) is 10.6. The van der Waals surface area contributed by atoms with Crippen LogP contribution in [0.1, 0.15) is 64.9 Å². The van der Waals surface area contributed by atoms with Crippen LogP contribution in [0.4, 0.5) is 16.2 Å². The summed E-state index contributed by atoms with van der Waals surface area (Å²) in [5, 5.41) is 6.20. The van der Waals surface area contributed by atoms with Crippen molar-refractivity contribution in [2.75, 3.05) is 37.5 Å². The number of nitrogens with one attached hydrogen (secondary N) is 2. The third-order valence-corrected chi connectivity index (χ3v) is 6.13. The van der Waals surface area contributed by atoms with Gasteiger partial charge in [0, 0.05) is 56.6 Å². The van der Waals surface area contributed by atoms with Gasteiger partial charge in [0.2, 0.25) is 5.91 Å². The summed E-state index contributed by atoms with van der Waals surface area (Å²) in [7, 11) is 3.99. The number of carbonyl (C=O) groups excluding carboxylic acids is 2. The number of rotatable bonds is 7. The predicted octanol–water partition coefficient (Wildman–Crippen LogP) is 4.37. The lowest BCUT2D eigenvalue weighted by molar-refractivity contribution is -0.119. The molecule has 1 aromatic rings. The summed E-state index contributed by atoms with van der Waals surface area (Å²) in [6.45, 7) is 7.71. The number of amides is 3. The van der Waals surface area contributed by atoms with Gasteiger partial charge >= 0.3 is 6.03 Å². The van der Waals surface area contributed by atoms with Crippen LogP contribution in [-0.2, 0) is 16.1 Å². The molecule has 7 nitrogen and oxygen atoms in total. The molecule has 1 aliphatic carbocycles. The minimum Gasteiger partial charge on any atom is -0.377 e. The fourth-order valence-corrected chi connectivity index (χ4v) is 4.52. The maximum absolute atomic E-state index is 13.1. The lowest BCUT2D eigenvalue weighted by Crippen LogP contribution is -2.50. The minimum atomic E-state index is -0.326. The zero-order chi connectivity index (χ0) is 23.3. The second-order valence-electron chi connectivity index (χ2n) is 10.4. The molecule has 1 saturated carbocycles. The van der Waals surface area contributed by atoms with Crippen LogP contribution in [0.3, 0.4) is 0 Å². The van der Waals surface area contributed by atoms with Gasteiger partial charge in [-0.15, -0.1) is 0 Å². The molecule has 7 heteroatoms. The van der Waals surface area contributed by atoms with Crippen LogP contribution in [0.25, 0.3) is 0 Å². The molecule has 0 unspecified atom stereocenters. The van der Waals surface area contributed by atoms with E-state index in [0.717, 1.165) is 62.1 Å². The van der Waals surface area contributed by atoms with Gasteiger partial charge in [0.05, 0.1) is 6.10 Å². The first-order chi connectivity index (χ1) is 15.1. The molecule has 1 aliphatic heterocycles. The normalized spacial score (nSPS) is 19.1. The molecule has 2 aliphatic rings. The number of carbonyl (C=O) groups is 2. The first-order valence-corrected chi connectivity index (χ1v) is 11.9. The molecule has 1 heterocycles. The lowest BCUT2D eigenvalue weighted by atomic mass is 10.1. The van der Waals surface area contributed by atoms with Crippen LogP contribution < -0.4 is 15.5 Å². The number of benzene rings is 1. The molecule has 178 valence electrons. The highest BCUT2D eigenvalue weighted by Gasteiger charge is 2.27. The fourth-order valence-electron chi connectivity index (χ4n) is 4.52. The number of hydrogen-bond acceptors (Lipinski definition) is 4. The van der Waals surface area contributed by atoms with Gasteiger partial charge in [0.15, 0.2) is 0 Å². The Hall–Kier alpha value is -2.28. The number of ether oxygens (including phenoxy) is 1. The van der Waals surface area contributed by atoms with Crippen LogP contribution >= 0.6 is 0 Å². The van der Waals surface area contributed by atoms with Crippen molar-refractivity contribution in [2.24, 2.45) is 5.92 Å². The summed E-state index contributed by atoms with van der Waals surface area (Å²) in [4.78, 5) is 29.7. The topological polar surface area (TPSA) is 73.9 Å². The van der Waals surface area contributed by atoms with E-state index >= 15 is 0 Å². The second-order valence-corrected chi connectivity index (χ2v) is 10.4.